The lowest BCUT2D eigenvalue weighted by atomic mass is 9.43. The van der Waals surface area contributed by atoms with E-state index in [1.165, 1.54) is 32.1 Å². The molecule has 0 amide bonds. The molecule has 4 fully saturated rings. The number of hydrogen-bond acceptors (Lipinski definition) is 2. The van der Waals surface area contributed by atoms with Crippen LogP contribution in [0.15, 0.2) is 0 Å². The largest absolute Gasteiger partial charge is 0.390 e. The molecule has 5 unspecified atom stereocenters. The molecule has 0 bridgehead atoms. The molecule has 4 aliphatic rings. The Bertz CT molecular complexity index is 522. The highest BCUT2D eigenvalue weighted by Gasteiger charge is 2.64. The summed E-state index contributed by atoms with van der Waals surface area (Å²) in [6.07, 6.45) is 14.2. The smallest absolute Gasteiger partial charge is 0.0835 e. The highest BCUT2D eigenvalue weighted by Crippen LogP contribution is 2.67. The molecule has 0 aliphatic heterocycles. The van der Waals surface area contributed by atoms with Gasteiger partial charge in [-0.2, -0.15) is 0 Å². The first-order valence-electron chi connectivity index (χ1n) is 9.76. The second-order valence-electron chi connectivity index (χ2n) is 9.47. The monoisotopic (exact) mass is 316 g/mol. The molecule has 0 aromatic carbocycles. The van der Waals surface area contributed by atoms with E-state index in [0.717, 1.165) is 19.3 Å². The van der Waals surface area contributed by atoms with E-state index >= 15 is 0 Å². The van der Waals surface area contributed by atoms with Crippen molar-refractivity contribution < 1.29 is 10.2 Å². The van der Waals surface area contributed by atoms with Crippen molar-refractivity contribution in [1.82, 2.24) is 0 Å². The molecular weight excluding hydrogens is 284 g/mol. The summed E-state index contributed by atoms with van der Waals surface area (Å²) in [6, 6.07) is 0. The summed E-state index contributed by atoms with van der Waals surface area (Å²) < 4.78 is 0. The third-order valence-electron chi connectivity index (χ3n) is 8.87. The minimum absolute atomic E-state index is 0.175. The fourth-order valence-electron chi connectivity index (χ4n) is 7.59. The number of hydrogen-bond donors (Lipinski definition) is 2. The van der Waals surface area contributed by atoms with Gasteiger partial charge in [-0.05, 0) is 73.0 Å². The van der Waals surface area contributed by atoms with Crippen LogP contribution in [0, 0.1) is 52.8 Å². The van der Waals surface area contributed by atoms with Crippen LogP contribution >= 0.6 is 0 Å². The summed E-state index contributed by atoms with van der Waals surface area (Å²) in [6.45, 7) is 4.78. The zero-order valence-corrected chi connectivity index (χ0v) is 14.7. The van der Waals surface area contributed by atoms with E-state index in [4.69, 9.17) is 6.42 Å². The number of aliphatic hydroxyl groups is 2. The normalized spacial score (nSPS) is 58.7. The van der Waals surface area contributed by atoms with Gasteiger partial charge in [-0.3, -0.25) is 0 Å². The van der Waals surface area contributed by atoms with E-state index in [2.05, 4.69) is 19.8 Å². The minimum atomic E-state index is -0.544. The van der Waals surface area contributed by atoms with Crippen molar-refractivity contribution in [3.8, 4) is 12.3 Å². The summed E-state index contributed by atoms with van der Waals surface area (Å²) in [5.41, 5.74) is 0.394. The van der Waals surface area contributed by atoms with Gasteiger partial charge in [0, 0.05) is 5.92 Å². The van der Waals surface area contributed by atoms with E-state index in [1.54, 1.807) is 0 Å². The zero-order chi connectivity index (χ0) is 16.4. The second-order valence-corrected chi connectivity index (χ2v) is 9.47. The van der Waals surface area contributed by atoms with Gasteiger partial charge in [0.05, 0.1) is 12.2 Å². The lowest BCUT2D eigenvalue weighted by Gasteiger charge is -2.63. The molecule has 2 N–H and O–H groups in total. The summed E-state index contributed by atoms with van der Waals surface area (Å²) in [4.78, 5) is 0. The van der Waals surface area contributed by atoms with Gasteiger partial charge in [0.15, 0.2) is 0 Å². The molecule has 9 atom stereocenters. The quantitative estimate of drug-likeness (QED) is 0.670. The number of rotatable bonds is 0. The molecule has 2 heteroatoms. The van der Waals surface area contributed by atoms with Crippen LogP contribution in [-0.4, -0.2) is 22.4 Å². The molecule has 4 rings (SSSR count). The lowest BCUT2D eigenvalue weighted by molar-refractivity contribution is -0.213. The molecule has 0 heterocycles. The molecule has 4 saturated carbocycles. The third-order valence-corrected chi connectivity index (χ3v) is 8.87. The van der Waals surface area contributed by atoms with Crippen molar-refractivity contribution in [1.29, 1.82) is 0 Å². The summed E-state index contributed by atoms with van der Waals surface area (Å²) in [5.74, 6) is 5.01. The van der Waals surface area contributed by atoms with Crippen molar-refractivity contribution in [3.63, 3.8) is 0 Å². The highest BCUT2D eigenvalue weighted by molar-refractivity contribution is 5.16. The summed E-state index contributed by atoms with van der Waals surface area (Å²) in [5, 5.41) is 22.0. The lowest BCUT2D eigenvalue weighted by Crippen LogP contribution is -2.63. The molecule has 128 valence electrons. The Balaban J connectivity index is 1.73. The van der Waals surface area contributed by atoms with Crippen LogP contribution in [0.5, 0.6) is 0 Å². The maximum absolute atomic E-state index is 11.0. The van der Waals surface area contributed by atoms with Gasteiger partial charge in [0.2, 0.25) is 0 Å². The van der Waals surface area contributed by atoms with Crippen LogP contribution in [-0.2, 0) is 0 Å². The van der Waals surface area contributed by atoms with Crippen molar-refractivity contribution in [2.75, 3.05) is 0 Å². The van der Waals surface area contributed by atoms with Crippen molar-refractivity contribution >= 4 is 0 Å². The third kappa shape index (κ3) is 1.96. The van der Waals surface area contributed by atoms with Gasteiger partial charge in [0.25, 0.3) is 0 Å². The summed E-state index contributed by atoms with van der Waals surface area (Å²) in [7, 11) is 0. The Kier molecular flexibility index (Phi) is 3.64. The van der Waals surface area contributed by atoms with Gasteiger partial charge >= 0.3 is 0 Å². The molecule has 0 aromatic rings. The molecule has 2 nitrogen and oxygen atoms in total. The average Bonchev–Trinajstić information content (AvgIpc) is 2.88. The first-order valence-corrected chi connectivity index (χ1v) is 9.76. The molecule has 0 aromatic heterocycles. The molecule has 0 radical (unpaired) electrons. The van der Waals surface area contributed by atoms with Crippen LogP contribution in [0.2, 0.25) is 0 Å². The van der Waals surface area contributed by atoms with Crippen LogP contribution in [0.25, 0.3) is 0 Å². The fraction of sp³-hybridized carbons (Fsp3) is 0.905. The zero-order valence-electron chi connectivity index (χ0n) is 14.7. The predicted molar refractivity (Wildman–Crippen MR) is 91.4 cm³/mol. The predicted octanol–water partition coefficient (Wildman–Crippen LogP) is 3.61. The molecule has 0 saturated heterocycles. The maximum Gasteiger partial charge on any atom is 0.0835 e. The van der Waals surface area contributed by atoms with Crippen LogP contribution in [0.3, 0.4) is 0 Å². The fourth-order valence-corrected chi connectivity index (χ4v) is 7.59. The van der Waals surface area contributed by atoms with Gasteiger partial charge in [-0.15, -0.1) is 12.3 Å². The highest BCUT2D eigenvalue weighted by atomic mass is 16.3. The Labute approximate surface area is 141 Å². The van der Waals surface area contributed by atoms with Crippen molar-refractivity contribution in [2.45, 2.75) is 77.4 Å². The van der Waals surface area contributed by atoms with E-state index in [1.807, 2.05) is 0 Å². The van der Waals surface area contributed by atoms with Crippen LogP contribution in [0.1, 0.15) is 65.2 Å². The average molecular weight is 316 g/mol. The Morgan fingerprint density at radius 2 is 1.57 bits per heavy atom. The molecule has 4 aliphatic carbocycles. The number of fused-ring (bicyclic) bond motifs is 5. The Morgan fingerprint density at radius 1 is 0.826 bits per heavy atom. The first kappa shape index (κ1) is 16.0. The van der Waals surface area contributed by atoms with Gasteiger partial charge < -0.3 is 10.2 Å². The Hall–Kier alpha value is -0.520. The second kappa shape index (κ2) is 5.24. The Morgan fingerprint density at radius 3 is 2.30 bits per heavy atom. The molecule has 0 spiro atoms. The summed E-state index contributed by atoms with van der Waals surface area (Å²) >= 11 is 0. The van der Waals surface area contributed by atoms with E-state index in [-0.39, 0.29) is 16.7 Å². The van der Waals surface area contributed by atoms with E-state index in [9.17, 15) is 10.2 Å². The molecule has 23 heavy (non-hydrogen) atoms. The van der Waals surface area contributed by atoms with Gasteiger partial charge in [-0.25, -0.2) is 0 Å². The van der Waals surface area contributed by atoms with Crippen LogP contribution < -0.4 is 0 Å². The first-order chi connectivity index (χ1) is 10.9. The topological polar surface area (TPSA) is 40.5 Å². The molecular formula is C21H32O2. The van der Waals surface area contributed by atoms with Gasteiger partial charge in [-0.1, -0.05) is 26.7 Å². The maximum atomic E-state index is 11.0. The van der Waals surface area contributed by atoms with Crippen molar-refractivity contribution in [2.24, 2.45) is 40.4 Å². The minimum Gasteiger partial charge on any atom is -0.390 e. The number of terminal acetylenes is 1. The standard InChI is InChI=1S/C21H32O2/c1-4-13-8-9-14-17-15(10-12-20(13,14)2)21(3)11-6-5-7-16(21)18(22)19(17)23/h1,13-19,22-23H,5-12H2,2-3H3/t13?,14?,15?,16?,17?,18-,19-,20-,21-/m1/s1. The van der Waals surface area contributed by atoms with Crippen molar-refractivity contribution in [3.05, 3.63) is 0 Å². The SMILES string of the molecule is C#CC1CCC2C3C(CC[C@]12C)[C@@]1(C)CCCCC1[C@@H](O)[C@@H]3O. The number of aliphatic hydroxyl groups excluding tert-OH is 2. The van der Waals surface area contributed by atoms with E-state index in [0.29, 0.717) is 23.7 Å². The van der Waals surface area contributed by atoms with E-state index < -0.39 is 12.2 Å². The van der Waals surface area contributed by atoms with Crippen LogP contribution in [0.4, 0.5) is 0 Å². The van der Waals surface area contributed by atoms with Gasteiger partial charge in [0.1, 0.15) is 0 Å².